The Balaban J connectivity index is 1.75. The highest BCUT2D eigenvalue weighted by molar-refractivity contribution is 5.33. The van der Waals surface area contributed by atoms with Gasteiger partial charge in [-0.05, 0) is 62.7 Å². The van der Waals surface area contributed by atoms with E-state index in [4.69, 9.17) is 0 Å². The highest BCUT2D eigenvalue weighted by atomic mass is 16.3. The van der Waals surface area contributed by atoms with Crippen molar-refractivity contribution in [1.82, 2.24) is 0 Å². The van der Waals surface area contributed by atoms with Crippen molar-refractivity contribution in [3.63, 3.8) is 0 Å². The molecule has 0 heterocycles. The highest BCUT2D eigenvalue weighted by Crippen LogP contribution is 2.65. The van der Waals surface area contributed by atoms with Gasteiger partial charge in [-0.3, -0.25) is 0 Å². The van der Waals surface area contributed by atoms with Crippen molar-refractivity contribution >= 4 is 0 Å². The highest BCUT2D eigenvalue weighted by Gasteiger charge is 2.64. The van der Waals surface area contributed by atoms with E-state index < -0.39 is 5.60 Å². The van der Waals surface area contributed by atoms with Crippen molar-refractivity contribution in [3.8, 4) is 0 Å². The lowest BCUT2D eigenvalue weighted by molar-refractivity contribution is -0.143. The fraction of sp³-hybridized carbons (Fsp3) is 0.895. The molecular formula is C19H30O3. The number of aliphatic hydroxyl groups is 3. The van der Waals surface area contributed by atoms with Gasteiger partial charge in [-0.15, -0.1) is 0 Å². The Kier molecular flexibility index (Phi) is 3.16. The van der Waals surface area contributed by atoms with Gasteiger partial charge in [-0.25, -0.2) is 0 Å². The summed E-state index contributed by atoms with van der Waals surface area (Å²) in [5, 5.41) is 32.0. The summed E-state index contributed by atoms with van der Waals surface area (Å²) < 4.78 is 0. The molecule has 0 radical (unpaired) electrons. The molecule has 0 aromatic rings. The minimum atomic E-state index is -0.736. The second-order valence-electron chi connectivity index (χ2n) is 8.93. The molecule has 3 nitrogen and oxygen atoms in total. The van der Waals surface area contributed by atoms with Crippen LogP contribution >= 0.6 is 0 Å². The summed E-state index contributed by atoms with van der Waals surface area (Å²) in [6.45, 7) is 4.44. The molecule has 3 saturated carbocycles. The molecule has 124 valence electrons. The lowest BCUT2D eigenvalue weighted by atomic mass is 9.48. The van der Waals surface area contributed by atoms with E-state index in [2.05, 4.69) is 19.9 Å². The van der Waals surface area contributed by atoms with Gasteiger partial charge in [0, 0.05) is 11.3 Å². The van der Waals surface area contributed by atoms with Gasteiger partial charge in [0.25, 0.3) is 0 Å². The molecule has 0 aromatic heterocycles. The molecule has 22 heavy (non-hydrogen) atoms. The van der Waals surface area contributed by atoms with E-state index in [0.29, 0.717) is 5.92 Å². The maximum Gasteiger partial charge on any atom is 0.0794 e. The number of aliphatic hydroxyl groups excluding tert-OH is 2. The first-order valence-electron chi connectivity index (χ1n) is 9.10. The fourth-order valence-corrected chi connectivity index (χ4v) is 6.44. The van der Waals surface area contributed by atoms with Crippen LogP contribution in [0.4, 0.5) is 0 Å². The molecule has 4 aliphatic rings. The van der Waals surface area contributed by atoms with Crippen LogP contribution in [0.5, 0.6) is 0 Å². The van der Waals surface area contributed by atoms with Crippen molar-refractivity contribution in [2.75, 3.05) is 0 Å². The molecule has 0 aromatic carbocycles. The molecule has 0 spiro atoms. The molecule has 3 unspecified atom stereocenters. The molecule has 0 aliphatic heterocycles. The average Bonchev–Trinajstić information content (AvgIpc) is 2.72. The predicted molar refractivity (Wildman–Crippen MR) is 85.2 cm³/mol. The zero-order valence-electron chi connectivity index (χ0n) is 13.9. The third-order valence-electron chi connectivity index (χ3n) is 8.14. The summed E-state index contributed by atoms with van der Waals surface area (Å²) in [5.74, 6) is 0.762. The van der Waals surface area contributed by atoms with E-state index >= 15 is 0 Å². The monoisotopic (exact) mass is 306 g/mol. The van der Waals surface area contributed by atoms with E-state index in [-0.39, 0.29) is 29.0 Å². The van der Waals surface area contributed by atoms with Gasteiger partial charge in [-0.2, -0.15) is 0 Å². The smallest absolute Gasteiger partial charge is 0.0794 e. The van der Waals surface area contributed by atoms with E-state index in [1.54, 1.807) is 0 Å². The van der Waals surface area contributed by atoms with Crippen LogP contribution in [-0.2, 0) is 0 Å². The van der Waals surface area contributed by atoms with Gasteiger partial charge in [0.2, 0.25) is 0 Å². The third-order valence-corrected chi connectivity index (χ3v) is 8.14. The summed E-state index contributed by atoms with van der Waals surface area (Å²) in [4.78, 5) is 0. The van der Waals surface area contributed by atoms with Crippen molar-refractivity contribution in [3.05, 3.63) is 11.6 Å². The summed E-state index contributed by atoms with van der Waals surface area (Å²) in [5.41, 5.74) is 0.482. The van der Waals surface area contributed by atoms with E-state index in [1.807, 2.05) is 0 Å². The van der Waals surface area contributed by atoms with E-state index in [0.717, 1.165) is 51.4 Å². The van der Waals surface area contributed by atoms with Crippen LogP contribution in [0, 0.1) is 22.7 Å². The van der Waals surface area contributed by atoms with Crippen LogP contribution < -0.4 is 0 Å². The number of rotatable bonds is 0. The van der Waals surface area contributed by atoms with Crippen molar-refractivity contribution in [2.45, 2.75) is 83.0 Å². The zero-order valence-corrected chi connectivity index (χ0v) is 13.9. The molecule has 3 N–H and O–H groups in total. The van der Waals surface area contributed by atoms with Gasteiger partial charge in [-0.1, -0.05) is 25.5 Å². The Morgan fingerprint density at radius 3 is 2.59 bits per heavy atom. The first-order chi connectivity index (χ1) is 10.3. The minimum absolute atomic E-state index is 0.138. The van der Waals surface area contributed by atoms with Gasteiger partial charge < -0.3 is 15.3 Å². The van der Waals surface area contributed by atoms with Gasteiger partial charge >= 0.3 is 0 Å². The van der Waals surface area contributed by atoms with Crippen LogP contribution in [0.2, 0.25) is 0 Å². The largest absolute Gasteiger partial charge is 0.393 e. The zero-order chi connectivity index (χ0) is 15.8. The van der Waals surface area contributed by atoms with E-state index in [1.165, 1.54) is 5.57 Å². The maximum atomic E-state index is 11.5. The molecule has 4 aliphatic carbocycles. The molecule has 3 fully saturated rings. The summed E-state index contributed by atoms with van der Waals surface area (Å²) in [6, 6.07) is 0. The van der Waals surface area contributed by atoms with Gasteiger partial charge in [0.15, 0.2) is 0 Å². The Bertz CT molecular complexity index is 515. The van der Waals surface area contributed by atoms with Crippen LogP contribution in [0.15, 0.2) is 11.6 Å². The molecule has 0 amide bonds. The summed E-state index contributed by atoms with van der Waals surface area (Å²) in [6.07, 6.45) is 9.04. The SMILES string of the molecule is C[C@]12CCC(O)CC1CC[C@@H]1C2=CC[C@]2(C)C(O)CC[C@]12O. The molecule has 0 bridgehead atoms. The first-order valence-corrected chi connectivity index (χ1v) is 9.10. The third kappa shape index (κ3) is 1.68. The first kappa shape index (κ1) is 15.2. The second kappa shape index (κ2) is 4.58. The lowest BCUT2D eigenvalue weighted by Gasteiger charge is -2.59. The Morgan fingerprint density at radius 2 is 1.82 bits per heavy atom. The van der Waals surface area contributed by atoms with Gasteiger partial charge in [0.1, 0.15) is 0 Å². The maximum absolute atomic E-state index is 11.5. The van der Waals surface area contributed by atoms with Crippen LogP contribution in [0.3, 0.4) is 0 Å². The standard InChI is InChI=1S/C19H30O3/c1-17-8-5-13(20)11-12(17)3-4-15-14(17)6-9-18(2)16(21)7-10-19(15,18)22/h6,12-13,15-16,20-22H,3-5,7-11H2,1-2H3/t12?,13?,15-,16?,17+,18-,19+/m1/s1. The number of fused-ring (bicyclic) bond motifs is 5. The summed E-state index contributed by atoms with van der Waals surface area (Å²) >= 11 is 0. The Labute approximate surface area is 133 Å². The van der Waals surface area contributed by atoms with Crippen molar-refractivity contribution in [1.29, 1.82) is 0 Å². The lowest BCUT2D eigenvalue weighted by Crippen LogP contribution is -2.58. The minimum Gasteiger partial charge on any atom is -0.393 e. The molecule has 3 heteroatoms. The number of hydrogen-bond donors (Lipinski definition) is 3. The second-order valence-corrected chi connectivity index (χ2v) is 8.93. The topological polar surface area (TPSA) is 60.7 Å². The molecule has 4 rings (SSSR count). The molecule has 0 saturated heterocycles. The van der Waals surface area contributed by atoms with Crippen molar-refractivity contribution in [2.24, 2.45) is 22.7 Å². The Morgan fingerprint density at radius 1 is 1.05 bits per heavy atom. The predicted octanol–water partition coefficient (Wildman–Crippen LogP) is 2.79. The van der Waals surface area contributed by atoms with Crippen molar-refractivity contribution < 1.29 is 15.3 Å². The van der Waals surface area contributed by atoms with Gasteiger partial charge in [0.05, 0.1) is 17.8 Å². The van der Waals surface area contributed by atoms with E-state index in [9.17, 15) is 15.3 Å². The van der Waals surface area contributed by atoms with Crippen LogP contribution in [0.25, 0.3) is 0 Å². The fourth-order valence-electron chi connectivity index (χ4n) is 6.44. The number of allylic oxidation sites excluding steroid dienone is 1. The number of hydrogen-bond acceptors (Lipinski definition) is 3. The molecule has 7 atom stereocenters. The van der Waals surface area contributed by atoms with Crippen LogP contribution in [0.1, 0.15) is 65.2 Å². The summed E-state index contributed by atoms with van der Waals surface area (Å²) in [7, 11) is 0. The van der Waals surface area contributed by atoms with Crippen LogP contribution in [-0.4, -0.2) is 33.1 Å². The molecular weight excluding hydrogens is 276 g/mol. The quantitative estimate of drug-likeness (QED) is 0.603. The normalized spacial score (nSPS) is 57.6. The average molecular weight is 306 g/mol. The Hall–Kier alpha value is -0.380.